The average Bonchev–Trinajstić information content (AvgIpc) is 3.54. The van der Waals surface area contributed by atoms with E-state index in [-0.39, 0.29) is 5.82 Å². The van der Waals surface area contributed by atoms with E-state index < -0.39 is 0 Å². The zero-order chi connectivity index (χ0) is 27.5. The molecule has 5 aromatic rings. The molecule has 0 unspecified atom stereocenters. The monoisotopic (exact) mass is 518 g/mol. The lowest BCUT2D eigenvalue weighted by molar-refractivity contribution is 0.438. The Morgan fingerprint density at radius 3 is 2.62 bits per heavy atom. The molecule has 0 fully saturated rings. The first kappa shape index (κ1) is 25.9. The largest absolute Gasteiger partial charge is 0.358 e. The summed E-state index contributed by atoms with van der Waals surface area (Å²) in [6, 6.07) is 16.7. The molecule has 3 N–H and O–H groups in total. The normalized spacial score (nSPS) is 12.4. The SMILES string of the molecule is C=C/C(=C\C(=C/C)c1ccc2[nH]nc(-c3cc4c(-c5cccc(F)c5)nccc4[nH]3)c2c1)NC(=C)CN(C)C. The third-order valence-electron chi connectivity index (χ3n) is 6.47. The van der Waals surface area contributed by atoms with Gasteiger partial charge in [0.1, 0.15) is 11.5 Å². The first-order valence-electron chi connectivity index (χ1n) is 12.7. The number of aromatic nitrogens is 4. The number of allylic oxidation sites excluding steroid dienone is 4. The number of aromatic amines is 2. The van der Waals surface area contributed by atoms with Gasteiger partial charge in [-0.3, -0.25) is 10.1 Å². The fourth-order valence-electron chi connectivity index (χ4n) is 4.72. The van der Waals surface area contributed by atoms with E-state index in [4.69, 9.17) is 0 Å². The van der Waals surface area contributed by atoms with E-state index in [0.717, 1.165) is 73.5 Å². The summed E-state index contributed by atoms with van der Waals surface area (Å²) in [4.78, 5) is 10.1. The van der Waals surface area contributed by atoms with Crippen molar-refractivity contribution < 1.29 is 4.39 Å². The molecule has 6 nitrogen and oxygen atoms in total. The summed E-state index contributed by atoms with van der Waals surface area (Å²) < 4.78 is 13.9. The van der Waals surface area contributed by atoms with Crippen LogP contribution in [-0.2, 0) is 0 Å². The van der Waals surface area contributed by atoms with Crippen molar-refractivity contribution in [1.29, 1.82) is 0 Å². The maximum Gasteiger partial charge on any atom is 0.123 e. The van der Waals surface area contributed by atoms with E-state index in [2.05, 4.69) is 67.8 Å². The minimum Gasteiger partial charge on any atom is -0.358 e. The fourth-order valence-corrected chi connectivity index (χ4v) is 4.72. The van der Waals surface area contributed by atoms with Crippen molar-refractivity contribution in [2.45, 2.75) is 6.92 Å². The number of fused-ring (bicyclic) bond motifs is 2. The Balaban J connectivity index is 1.53. The standard InChI is InChI=1S/C32H31FN6/c1-6-21(16-25(7-2)35-20(3)19-39(4)5)22-11-12-29-26(17-22)32(38-37-29)30-18-27-28(36-30)13-14-34-31(27)23-9-8-10-24(33)15-23/h6-18,35-36H,2-3,19H2,1,4-5H3,(H,37,38)/b21-6+,25-16+. The summed E-state index contributed by atoms with van der Waals surface area (Å²) in [7, 11) is 4.01. The Morgan fingerprint density at radius 2 is 1.87 bits per heavy atom. The Hall–Kier alpha value is -4.75. The van der Waals surface area contributed by atoms with Crippen molar-refractivity contribution in [3.8, 4) is 22.6 Å². The van der Waals surface area contributed by atoms with Gasteiger partial charge in [-0.1, -0.05) is 37.4 Å². The predicted molar refractivity (Wildman–Crippen MR) is 159 cm³/mol. The number of nitrogens with one attached hydrogen (secondary N) is 3. The van der Waals surface area contributed by atoms with E-state index >= 15 is 0 Å². The molecular formula is C32H31FN6. The highest BCUT2D eigenvalue weighted by Crippen LogP contribution is 2.34. The molecule has 0 aliphatic carbocycles. The molecule has 196 valence electrons. The van der Waals surface area contributed by atoms with Crippen LogP contribution in [0.2, 0.25) is 0 Å². The van der Waals surface area contributed by atoms with Gasteiger partial charge in [0.15, 0.2) is 0 Å². The third-order valence-corrected chi connectivity index (χ3v) is 6.47. The lowest BCUT2D eigenvalue weighted by Crippen LogP contribution is -2.23. The minimum absolute atomic E-state index is 0.293. The van der Waals surface area contributed by atoms with E-state index in [1.165, 1.54) is 12.1 Å². The van der Waals surface area contributed by atoms with Gasteiger partial charge in [0.05, 0.1) is 16.9 Å². The van der Waals surface area contributed by atoms with Crippen LogP contribution in [0.5, 0.6) is 0 Å². The zero-order valence-corrected chi connectivity index (χ0v) is 22.3. The molecule has 0 saturated heterocycles. The number of benzene rings is 2. The molecule has 2 aromatic carbocycles. The van der Waals surface area contributed by atoms with Gasteiger partial charge < -0.3 is 15.2 Å². The number of pyridine rings is 1. The molecule has 0 bridgehead atoms. The molecule has 3 aromatic heterocycles. The Labute approximate surface area is 227 Å². The number of nitrogens with zero attached hydrogens (tertiary/aromatic N) is 3. The van der Waals surface area contributed by atoms with Crippen molar-refractivity contribution in [3.63, 3.8) is 0 Å². The number of H-pyrrole nitrogens is 2. The molecule has 0 aliphatic rings. The van der Waals surface area contributed by atoms with Crippen molar-refractivity contribution >= 4 is 27.4 Å². The van der Waals surface area contributed by atoms with Crippen LogP contribution in [0.1, 0.15) is 12.5 Å². The van der Waals surface area contributed by atoms with Gasteiger partial charge >= 0.3 is 0 Å². The highest BCUT2D eigenvalue weighted by molar-refractivity contribution is 6.00. The quantitative estimate of drug-likeness (QED) is 0.183. The summed E-state index contributed by atoms with van der Waals surface area (Å²) in [5, 5.41) is 13.0. The van der Waals surface area contributed by atoms with Crippen LogP contribution < -0.4 is 5.32 Å². The summed E-state index contributed by atoms with van der Waals surface area (Å²) >= 11 is 0. The molecule has 39 heavy (non-hydrogen) atoms. The van der Waals surface area contributed by atoms with Crippen LogP contribution in [0.15, 0.2) is 104 Å². The number of likely N-dealkylation sites (N-methyl/N-ethyl adjacent to an activating group) is 1. The van der Waals surface area contributed by atoms with Gasteiger partial charge in [0.2, 0.25) is 0 Å². The molecule has 0 saturated carbocycles. The highest BCUT2D eigenvalue weighted by Gasteiger charge is 2.15. The second-order valence-corrected chi connectivity index (χ2v) is 9.66. The number of rotatable bonds is 9. The molecule has 3 heterocycles. The Bertz CT molecular complexity index is 1750. The Kier molecular flexibility index (Phi) is 7.25. The van der Waals surface area contributed by atoms with Gasteiger partial charge in [0, 0.05) is 46.0 Å². The van der Waals surface area contributed by atoms with Crippen LogP contribution in [0.4, 0.5) is 4.39 Å². The molecule has 0 atom stereocenters. The zero-order valence-electron chi connectivity index (χ0n) is 22.3. The van der Waals surface area contributed by atoms with Crippen molar-refractivity contribution in [1.82, 2.24) is 30.4 Å². The van der Waals surface area contributed by atoms with Gasteiger partial charge in [-0.2, -0.15) is 5.10 Å². The topological polar surface area (TPSA) is 72.6 Å². The van der Waals surface area contributed by atoms with Gasteiger partial charge in [-0.05, 0) is 80.7 Å². The van der Waals surface area contributed by atoms with Crippen LogP contribution in [-0.4, -0.2) is 45.7 Å². The highest BCUT2D eigenvalue weighted by atomic mass is 19.1. The van der Waals surface area contributed by atoms with E-state index in [9.17, 15) is 4.39 Å². The van der Waals surface area contributed by atoms with Crippen LogP contribution >= 0.6 is 0 Å². The van der Waals surface area contributed by atoms with Crippen LogP contribution in [0, 0.1) is 5.82 Å². The molecule has 7 heteroatoms. The second-order valence-electron chi connectivity index (χ2n) is 9.66. The smallest absolute Gasteiger partial charge is 0.123 e. The third kappa shape index (κ3) is 5.44. The molecule has 0 radical (unpaired) electrons. The van der Waals surface area contributed by atoms with E-state index in [1.54, 1.807) is 18.3 Å². The Morgan fingerprint density at radius 1 is 1.05 bits per heavy atom. The van der Waals surface area contributed by atoms with Crippen molar-refractivity contribution in [2.24, 2.45) is 0 Å². The number of hydrogen-bond acceptors (Lipinski definition) is 4. The first-order valence-corrected chi connectivity index (χ1v) is 12.7. The molecule has 5 rings (SSSR count). The summed E-state index contributed by atoms with van der Waals surface area (Å²) in [6.07, 6.45) is 7.66. The predicted octanol–water partition coefficient (Wildman–Crippen LogP) is 7.05. The maximum atomic E-state index is 13.9. The molecule has 0 aliphatic heterocycles. The molecule has 0 spiro atoms. The summed E-state index contributed by atoms with van der Waals surface area (Å²) in [5.74, 6) is -0.293. The number of halogens is 1. The van der Waals surface area contributed by atoms with E-state index in [1.807, 2.05) is 45.3 Å². The van der Waals surface area contributed by atoms with Crippen LogP contribution in [0.25, 0.3) is 50.0 Å². The second kappa shape index (κ2) is 10.9. The van der Waals surface area contributed by atoms with Gasteiger partial charge in [0.25, 0.3) is 0 Å². The van der Waals surface area contributed by atoms with Crippen molar-refractivity contribution in [3.05, 3.63) is 115 Å². The molecular weight excluding hydrogens is 487 g/mol. The van der Waals surface area contributed by atoms with Crippen molar-refractivity contribution in [2.75, 3.05) is 20.6 Å². The molecule has 0 amide bonds. The lowest BCUT2D eigenvalue weighted by atomic mass is 10.0. The van der Waals surface area contributed by atoms with E-state index in [0.29, 0.717) is 0 Å². The lowest BCUT2D eigenvalue weighted by Gasteiger charge is -2.15. The van der Waals surface area contributed by atoms with Gasteiger partial charge in [-0.15, -0.1) is 0 Å². The average molecular weight is 519 g/mol. The fraction of sp³-hybridized carbons (Fsp3) is 0.125. The number of hydrogen-bond donors (Lipinski definition) is 3. The summed E-state index contributed by atoms with van der Waals surface area (Å²) in [6.45, 7) is 10.8. The van der Waals surface area contributed by atoms with Crippen LogP contribution in [0.3, 0.4) is 0 Å². The maximum absolute atomic E-state index is 13.9. The first-order chi connectivity index (χ1) is 18.9. The van der Waals surface area contributed by atoms with Gasteiger partial charge in [-0.25, -0.2) is 4.39 Å². The summed E-state index contributed by atoms with van der Waals surface area (Å²) in [5.41, 5.74) is 8.78. The minimum atomic E-state index is -0.293.